The second-order valence-electron chi connectivity index (χ2n) is 9.23. The molecule has 0 amide bonds. The van der Waals surface area contributed by atoms with E-state index in [0.717, 1.165) is 33.5 Å². The average molecular weight is 486 g/mol. The average Bonchev–Trinajstić information content (AvgIpc) is 3.23. The lowest BCUT2D eigenvalue weighted by Crippen LogP contribution is -2.35. The van der Waals surface area contributed by atoms with Crippen LogP contribution in [-0.4, -0.2) is 49.8 Å². The van der Waals surface area contributed by atoms with Crippen molar-refractivity contribution in [1.82, 2.24) is 14.5 Å². The van der Waals surface area contributed by atoms with Crippen molar-refractivity contribution < 1.29 is 24.5 Å². The molecule has 0 saturated carbocycles. The van der Waals surface area contributed by atoms with Crippen LogP contribution in [0.1, 0.15) is 49.3 Å². The van der Waals surface area contributed by atoms with E-state index in [2.05, 4.69) is 34.6 Å². The van der Waals surface area contributed by atoms with Crippen LogP contribution in [0.5, 0.6) is 0 Å². The van der Waals surface area contributed by atoms with E-state index in [1.807, 2.05) is 24.3 Å². The Kier molecular flexibility index (Phi) is 6.54. The third-order valence-corrected chi connectivity index (χ3v) is 6.51. The van der Waals surface area contributed by atoms with Gasteiger partial charge in [-0.15, -0.1) is 0 Å². The molecule has 1 aliphatic heterocycles. The zero-order chi connectivity index (χ0) is 25.2. The minimum atomic E-state index is -0.953. The molecule has 2 heterocycles. The summed E-state index contributed by atoms with van der Waals surface area (Å²) >= 11 is 0. The number of aryl methyl sites for hydroxylation is 1. The van der Waals surface area contributed by atoms with E-state index in [1.165, 1.54) is 0 Å². The van der Waals surface area contributed by atoms with Crippen molar-refractivity contribution in [2.24, 2.45) is 0 Å². The van der Waals surface area contributed by atoms with Gasteiger partial charge in [0.15, 0.2) is 0 Å². The van der Waals surface area contributed by atoms with Crippen molar-refractivity contribution in [1.29, 1.82) is 0 Å². The molecule has 1 aromatic heterocycles. The zero-order valence-electron chi connectivity index (χ0n) is 19.9. The van der Waals surface area contributed by atoms with Gasteiger partial charge in [0.1, 0.15) is 12.4 Å². The van der Waals surface area contributed by atoms with Gasteiger partial charge in [0.05, 0.1) is 34.8 Å². The fourth-order valence-corrected chi connectivity index (χ4v) is 4.77. The maximum absolute atomic E-state index is 11.3. The number of rotatable bonds is 8. The quantitative estimate of drug-likeness (QED) is 0.378. The van der Waals surface area contributed by atoms with E-state index >= 15 is 0 Å². The molecule has 2 N–H and O–H groups in total. The summed E-state index contributed by atoms with van der Waals surface area (Å²) in [4.78, 5) is 29.6. The van der Waals surface area contributed by atoms with Crippen molar-refractivity contribution in [3.8, 4) is 0 Å². The van der Waals surface area contributed by atoms with Crippen molar-refractivity contribution in [3.63, 3.8) is 0 Å². The van der Waals surface area contributed by atoms with Crippen LogP contribution in [0.3, 0.4) is 0 Å². The maximum atomic E-state index is 11.3. The van der Waals surface area contributed by atoms with Gasteiger partial charge in [0, 0.05) is 19.6 Å². The van der Waals surface area contributed by atoms with Crippen LogP contribution in [0.25, 0.3) is 11.0 Å². The molecule has 0 aliphatic carbocycles. The standard InChI is InChI=1S/C28H27N3O5/c1-18-2-11-25-24(12-18)29-26-17-36-16-23(31(25)26)15-30(13-19-3-7-21(8-4-19)27(32)33)14-20-5-9-22(10-6-20)28(34)35/h2-12,23H,13-17H2,1H3,(H,32,33)(H,34,35). The highest BCUT2D eigenvalue weighted by Gasteiger charge is 2.26. The SMILES string of the molecule is Cc1ccc2c(c1)nc1n2C(CN(Cc2ccc(C(=O)O)cc2)Cc2ccc(C(=O)O)cc2)COC1. The summed E-state index contributed by atoms with van der Waals surface area (Å²) < 4.78 is 8.18. The highest BCUT2D eigenvalue weighted by molar-refractivity contribution is 5.88. The molecule has 184 valence electrons. The molecule has 1 atom stereocenters. The first-order valence-corrected chi connectivity index (χ1v) is 11.8. The fraction of sp³-hybridized carbons (Fsp3) is 0.250. The lowest BCUT2D eigenvalue weighted by Gasteiger charge is -2.32. The number of aromatic carboxylic acids is 2. The smallest absolute Gasteiger partial charge is 0.335 e. The van der Waals surface area contributed by atoms with Gasteiger partial charge >= 0.3 is 11.9 Å². The van der Waals surface area contributed by atoms with Crippen LogP contribution >= 0.6 is 0 Å². The van der Waals surface area contributed by atoms with Crippen LogP contribution in [0.4, 0.5) is 0 Å². The van der Waals surface area contributed by atoms with E-state index in [1.54, 1.807) is 24.3 Å². The summed E-state index contributed by atoms with van der Waals surface area (Å²) in [5.74, 6) is -1.000. The van der Waals surface area contributed by atoms with Gasteiger partial charge in [-0.2, -0.15) is 0 Å². The Morgan fingerprint density at radius 3 is 2.08 bits per heavy atom. The van der Waals surface area contributed by atoms with Crippen LogP contribution < -0.4 is 0 Å². The first-order chi connectivity index (χ1) is 17.4. The highest BCUT2D eigenvalue weighted by Crippen LogP contribution is 2.28. The predicted octanol–water partition coefficient (Wildman–Crippen LogP) is 4.51. The van der Waals surface area contributed by atoms with Crippen LogP contribution in [0, 0.1) is 6.92 Å². The Bertz CT molecular complexity index is 1350. The van der Waals surface area contributed by atoms with E-state index in [-0.39, 0.29) is 17.2 Å². The van der Waals surface area contributed by atoms with Crippen molar-refractivity contribution in [3.05, 3.63) is 100 Å². The number of carboxylic acid groups (broad SMARTS) is 2. The Morgan fingerprint density at radius 1 is 0.944 bits per heavy atom. The van der Waals surface area contributed by atoms with Crippen LogP contribution in [0.15, 0.2) is 66.7 Å². The molecule has 4 aromatic rings. The summed E-state index contributed by atoms with van der Waals surface area (Å²) in [6, 6.07) is 20.1. The van der Waals surface area contributed by atoms with Gasteiger partial charge in [-0.05, 0) is 60.0 Å². The molecule has 5 rings (SSSR count). The van der Waals surface area contributed by atoms with Gasteiger partial charge in [0.2, 0.25) is 0 Å². The Hall–Kier alpha value is -4.01. The number of imidazole rings is 1. The number of hydrogen-bond donors (Lipinski definition) is 2. The molecule has 8 nitrogen and oxygen atoms in total. The third kappa shape index (κ3) is 5.00. The van der Waals surface area contributed by atoms with Crippen LogP contribution in [0.2, 0.25) is 0 Å². The summed E-state index contributed by atoms with van der Waals surface area (Å²) in [6.07, 6.45) is 0. The van der Waals surface area contributed by atoms with Gasteiger partial charge in [0.25, 0.3) is 0 Å². The molecule has 36 heavy (non-hydrogen) atoms. The second kappa shape index (κ2) is 9.93. The van der Waals surface area contributed by atoms with Crippen molar-refractivity contribution >= 4 is 23.0 Å². The molecule has 0 saturated heterocycles. The summed E-state index contributed by atoms with van der Waals surface area (Å²) in [7, 11) is 0. The second-order valence-corrected chi connectivity index (χ2v) is 9.23. The minimum absolute atomic E-state index is 0.0399. The Balaban J connectivity index is 1.44. The molecule has 8 heteroatoms. The molecule has 0 spiro atoms. The molecule has 1 aliphatic rings. The molecular weight excluding hydrogens is 458 g/mol. The van der Waals surface area contributed by atoms with Crippen molar-refractivity contribution in [2.75, 3.05) is 13.2 Å². The minimum Gasteiger partial charge on any atom is -0.478 e. The molecule has 3 aromatic carbocycles. The summed E-state index contributed by atoms with van der Waals surface area (Å²) in [5, 5.41) is 18.5. The first kappa shape index (κ1) is 23.7. The number of aromatic nitrogens is 2. The first-order valence-electron chi connectivity index (χ1n) is 11.8. The number of carbonyl (C=O) groups is 2. The van der Waals surface area contributed by atoms with Crippen molar-refractivity contribution in [2.45, 2.75) is 32.7 Å². The topological polar surface area (TPSA) is 105 Å². The molecule has 0 fully saturated rings. The summed E-state index contributed by atoms with van der Waals surface area (Å²) in [6.45, 7) is 4.94. The molecule has 0 radical (unpaired) electrons. The van der Waals surface area contributed by atoms with Gasteiger partial charge < -0.3 is 19.5 Å². The lowest BCUT2D eigenvalue weighted by molar-refractivity contribution is 0.0402. The number of hydrogen-bond acceptors (Lipinski definition) is 5. The number of carboxylic acids is 2. The van der Waals surface area contributed by atoms with E-state index in [9.17, 15) is 19.8 Å². The number of fused-ring (bicyclic) bond motifs is 3. The summed E-state index contributed by atoms with van der Waals surface area (Å²) in [5.41, 5.74) is 5.68. The van der Waals surface area contributed by atoms with Gasteiger partial charge in [-0.3, -0.25) is 4.90 Å². The lowest BCUT2D eigenvalue weighted by atomic mass is 10.1. The molecule has 1 unspecified atom stereocenters. The number of benzene rings is 3. The number of ether oxygens (including phenoxy) is 1. The Morgan fingerprint density at radius 2 is 1.53 bits per heavy atom. The largest absolute Gasteiger partial charge is 0.478 e. The maximum Gasteiger partial charge on any atom is 0.335 e. The predicted molar refractivity (Wildman–Crippen MR) is 134 cm³/mol. The van der Waals surface area contributed by atoms with E-state index in [4.69, 9.17) is 9.72 Å². The molecule has 0 bridgehead atoms. The Labute approximate surface area is 208 Å². The fourth-order valence-electron chi connectivity index (χ4n) is 4.77. The van der Waals surface area contributed by atoms with Gasteiger partial charge in [-0.25, -0.2) is 14.6 Å². The van der Waals surface area contributed by atoms with E-state index in [0.29, 0.717) is 32.8 Å². The third-order valence-electron chi connectivity index (χ3n) is 6.51. The highest BCUT2D eigenvalue weighted by atomic mass is 16.5. The normalized spacial score (nSPS) is 15.2. The zero-order valence-corrected chi connectivity index (χ0v) is 19.9. The molecular formula is C28H27N3O5. The van der Waals surface area contributed by atoms with Crippen LogP contribution in [-0.2, 0) is 24.4 Å². The number of nitrogens with zero attached hydrogens (tertiary/aromatic N) is 3. The monoisotopic (exact) mass is 485 g/mol. The van der Waals surface area contributed by atoms with E-state index < -0.39 is 11.9 Å². The van der Waals surface area contributed by atoms with Gasteiger partial charge in [-0.1, -0.05) is 30.3 Å².